The lowest BCUT2D eigenvalue weighted by Gasteiger charge is -2.34. The minimum absolute atomic E-state index is 0.125. The summed E-state index contributed by atoms with van der Waals surface area (Å²) in [5, 5.41) is 9.96. The number of aryl methyl sites for hydroxylation is 1. The van der Waals surface area contributed by atoms with E-state index in [2.05, 4.69) is 44.2 Å². The van der Waals surface area contributed by atoms with Crippen LogP contribution in [-0.2, 0) is 18.6 Å². The van der Waals surface area contributed by atoms with Crippen LogP contribution in [-0.4, -0.2) is 5.11 Å². The number of benzene rings is 3. The Morgan fingerprint density at radius 1 is 0.897 bits per heavy atom. The summed E-state index contributed by atoms with van der Waals surface area (Å²) in [6.45, 7) is 7.33. The van der Waals surface area contributed by atoms with Gasteiger partial charge in [0.05, 0.1) is 0 Å². The first-order valence-electron chi connectivity index (χ1n) is 10.3. The summed E-state index contributed by atoms with van der Waals surface area (Å²) in [5.41, 5.74) is 11.5. The lowest BCUT2D eigenvalue weighted by Crippen LogP contribution is -2.26. The summed E-state index contributed by atoms with van der Waals surface area (Å²) in [6, 6.07) is 22.5. The molecule has 152 valence electrons. The van der Waals surface area contributed by atoms with Gasteiger partial charge >= 0.3 is 0 Å². The second kappa shape index (κ2) is 9.15. The normalized spacial score (nSPS) is 11.4. The largest absolute Gasteiger partial charge is 0.508 e. The highest BCUT2D eigenvalue weighted by atomic mass is 16.5. The summed E-state index contributed by atoms with van der Waals surface area (Å²) in [7, 11) is 0. The molecule has 0 aliphatic rings. The van der Waals surface area contributed by atoms with E-state index in [0.29, 0.717) is 18.9 Å². The second-order valence-electron chi connectivity index (χ2n) is 7.59. The van der Waals surface area contributed by atoms with Gasteiger partial charge in [-0.05, 0) is 60.2 Å². The molecule has 0 saturated carbocycles. The minimum atomic E-state index is -0.125. The zero-order valence-electron chi connectivity index (χ0n) is 17.6. The maximum absolute atomic E-state index is 9.96. The summed E-state index contributed by atoms with van der Waals surface area (Å²) in [5.74, 6) is 1.17. The first-order chi connectivity index (χ1) is 14.0. The van der Waals surface area contributed by atoms with Crippen molar-refractivity contribution in [3.63, 3.8) is 0 Å². The molecule has 0 spiro atoms. The van der Waals surface area contributed by atoms with Crippen LogP contribution in [0.25, 0.3) is 0 Å². The number of phenolic OH excluding ortho intramolecular Hbond substituents is 1. The van der Waals surface area contributed by atoms with E-state index in [1.807, 2.05) is 37.3 Å². The van der Waals surface area contributed by atoms with Gasteiger partial charge in [-0.25, -0.2) is 0 Å². The SMILES string of the molecule is CCC(CC)(c1ccc(O)c(C)c1)c1ccc(OCc2ccccc2)c(CN)c1. The molecular formula is C26H31NO2. The molecule has 0 saturated heterocycles. The molecular weight excluding hydrogens is 358 g/mol. The summed E-state index contributed by atoms with van der Waals surface area (Å²) >= 11 is 0. The van der Waals surface area contributed by atoms with Crippen LogP contribution in [0.5, 0.6) is 11.5 Å². The van der Waals surface area contributed by atoms with E-state index in [1.54, 1.807) is 6.07 Å². The number of nitrogens with two attached hydrogens (primary N) is 1. The molecule has 0 aliphatic heterocycles. The molecule has 3 nitrogen and oxygen atoms in total. The lowest BCUT2D eigenvalue weighted by molar-refractivity contribution is 0.302. The monoisotopic (exact) mass is 389 g/mol. The van der Waals surface area contributed by atoms with Crippen LogP contribution in [0.1, 0.15) is 54.5 Å². The molecule has 0 fully saturated rings. The topological polar surface area (TPSA) is 55.5 Å². The molecule has 0 heterocycles. The summed E-state index contributed by atoms with van der Waals surface area (Å²) in [6.07, 6.45) is 1.92. The predicted molar refractivity (Wildman–Crippen MR) is 119 cm³/mol. The zero-order valence-corrected chi connectivity index (χ0v) is 17.6. The Balaban J connectivity index is 1.96. The minimum Gasteiger partial charge on any atom is -0.508 e. The van der Waals surface area contributed by atoms with Gasteiger partial charge < -0.3 is 15.6 Å². The van der Waals surface area contributed by atoms with Crippen LogP contribution in [0.15, 0.2) is 66.7 Å². The van der Waals surface area contributed by atoms with Crippen molar-refractivity contribution >= 4 is 0 Å². The number of rotatable bonds is 8. The van der Waals surface area contributed by atoms with Crippen molar-refractivity contribution in [2.24, 2.45) is 5.73 Å². The molecule has 0 amide bonds. The van der Waals surface area contributed by atoms with Gasteiger partial charge in [0.15, 0.2) is 0 Å². The van der Waals surface area contributed by atoms with E-state index in [0.717, 1.165) is 35.3 Å². The lowest BCUT2D eigenvalue weighted by atomic mass is 9.70. The van der Waals surface area contributed by atoms with Crippen molar-refractivity contribution in [1.82, 2.24) is 0 Å². The van der Waals surface area contributed by atoms with Crippen molar-refractivity contribution in [3.8, 4) is 11.5 Å². The van der Waals surface area contributed by atoms with Crippen LogP contribution in [0, 0.1) is 6.92 Å². The average molecular weight is 390 g/mol. The Morgan fingerprint density at radius 2 is 1.55 bits per heavy atom. The van der Waals surface area contributed by atoms with Crippen LogP contribution in [0.2, 0.25) is 0 Å². The molecule has 0 atom stereocenters. The highest BCUT2D eigenvalue weighted by molar-refractivity contribution is 5.48. The van der Waals surface area contributed by atoms with E-state index in [1.165, 1.54) is 11.1 Å². The standard InChI is InChI=1S/C26H31NO2/c1-4-26(5-2,22-11-13-24(28)19(3)15-22)23-12-14-25(21(16-23)17-27)29-18-20-9-7-6-8-10-20/h6-16,28H,4-5,17-18,27H2,1-3H3. The number of aromatic hydroxyl groups is 1. The molecule has 29 heavy (non-hydrogen) atoms. The van der Waals surface area contributed by atoms with Gasteiger partial charge in [0.25, 0.3) is 0 Å². The Bertz CT molecular complexity index is 946. The molecule has 3 heteroatoms. The Morgan fingerprint density at radius 3 is 2.17 bits per heavy atom. The third kappa shape index (κ3) is 4.30. The maximum atomic E-state index is 9.96. The van der Waals surface area contributed by atoms with E-state index in [9.17, 15) is 5.11 Å². The fourth-order valence-electron chi connectivity index (χ4n) is 4.10. The third-order valence-electron chi connectivity index (χ3n) is 6.03. The highest BCUT2D eigenvalue weighted by Gasteiger charge is 2.31. The highest BCUT2D eigenvalue weighted by Crippen LogP contribution is 2.41. The van der Waals surface area contributed by atoms with Crippen molar-refractivity contribution < 1.29 is 9.84 Å². The van der Waals surface area contributed by atoms with Gasteiger partial charge in [-0.1, -0.05) is 62.4 Å². The van der Waals surface area contributed by atoms with Crippen LogP contribution in [0.4, 0.5) is 0 Å². The molecule has 0 bridgehead atoms. The van der Waals surface area contributed by atoms with Gasteiger partial charge in [0, 0.05) is 17.5 Å². The molecule has 0 aromatic heterocycles. The van der Waals surface area contributed by atoms with E-state index >= 15 is 0 Å². The zero-order chi connectivity index (χ0) is 20.9. The number of ether oxygens (including phenoxy) is 1. The van der Waals surface area contributed by atoms with E-state index < -0.39 is 0 Å². The smallest absolute Gasteiger partial charge is 0.124 e. The van der Waals surface area contributed by atoms with Crippen LogP contribution < -0.4 is 10.5 Å². The number of phenols is 1. The molecule has 0 unspecified atom stereocenters. The number of hydrogen-bond acceptors (Lipinski definition) is 3. The average Bonchev–Trinajstić information content (AvgIpc) is 2.77. The van der Waals surface area contributed by atoms with E-state index in [4.69, 9.17) is 10.5 Å². The van der Waals surface area contributed by atoms with E-state index in [-0.39, 0.29) is 5.41 Å². The molecule has 0 aliphatic carbocycles. The summed E-state index contributed by atoms with van der Waals surface area (Å²) in [4.78, 5) is 0. The fourth-order valence-corrected chi connectivity index (χ4v) is 4.10. The van der Waals surface area contributed by atoms with Crippen LogP contribution >= 0.6 is 0 Å². The fraction of sp³-hybridized carbons (Fsp3) is 0.308. The van der Waals surface area contributed by atoms with Crippen molar-refractivity contribution in [2.75, 3.05) is 0 Å². The Hall–Kier alpha value is -2.78. The van der Waals surface area contributed by atoms with Gasteiger partial charge in [-0.15, -0.1) is 0 Å². The Kier molecular flexibility index (Phi) is 6.60. The molecule has 0 radical (unpaired) electrons. The van der Waals surface area contributed by atoms with Crippen LogP contribution in [0.3, 0.4) is 0 Å². The van der Waals surface area contributed by atoms with Crippen molar-refractivity contribution in [3.05, 3.63) is 94.5 Å². The van der Waals surface area contributed by atoms with Crippen molar-refractivity contribution in [1.29, 1.82) is 0 Å². The first-order valence-corrected chi connectivity index (χ1v) is 10.3. The predicted octanol–water partition coefficient (Wildman–Crippen LogP) is 5.84. The van der Waals surface area contributed by atoms with Crippen molar-refractivity contribution in [2.45, 2.75) is 52.2 Å². The molecule has 3 N–H and O–H groups in total. The number of hydrogen-bond donors (Lipinski definition) is 2. The van der Waals surface area contributed by atoms with Gasteiger partial charge in [-0.2, -0.15) is 0 Å². The second-order valence-corrected chi connectivity index (χ2v) is 7.59. The summed E-state index contributed by atoms with van der Waals surface area (Å²) < 4.78 is 6.08. The Labute approximate surface area is 174 Å². The molecule has 3 aromatic carbocycles. The maximum Gasteiger partial charge on any atom is 0.124 e. The van der Waals surface area contributed by atoms with Gasteiger partial charge in [0.2, 0.25) is 0 Å². The third-order valence-corrected chi connectivity index (χ3v) is 6.03. The van der Waals surface area contributed by atoms with Gasteiger partial charge in [0.1, 0.15) is 18.1 Å². The quantitative estimate of drug-likeness (QED) is 0.508. The van der Waals surface area contributed by atoms with Gasteiger partial charge in [-0.3, -0.25) is 0 Å². The first kappa shape index (κ1) is 20.9. The molecule has 3 rings (SSSR count). The molecule has 3 aromatic rings.